The van der Waals surface area contributed by atoms with Crippen molar-refractivity contribution in [3.05, 3.63) is 121 Å². The van der Waals surface area contributed by atoms with Crippen molar-refractivity contribution in [2.75, 3.05) is 0 Å². The van der Waals surface area contributed by atoms with Crippen molar-refractivity contribution >= 4 is 128 Å². The van der Waals surface area contributed by atoms with Crippen LogP contribution < -0.4 is 0 Å². The molecular weight excluding hydrogens is 713 g/mol. The van der Waals surface area contributed by atoms with Crippen LogP contribution in [-0.4, -0.2) is 19.9 Å². The first-order chi connectivity index (χ1) is 25.7. The van der Waals surface area contributed by atoms with E-state index in [9.17, 15) is 0 Å². The molecule has 0 saturated carbocycles. The van der Waals surface area contributed by atoms with Gasteiger partial charge in [0.05, 0.1) is 64.0 Å². The van der Waals surface area contributed by atoms with Crippen LogP contribution in [0.3, 0.4) is 0 Å². The van der Waals surface area contributed by atoms with E-state index in [1.165, 1.54) is 81.4 Å². The van der Waals surface area contributed by atoms with E-state index in [1.54, 1.807) is 0 Å². The van der Waals surface area contributed by atoms with Gasteiger partial charge in [-0.3, -0.25) is 0 Å². The van der Waals surface area contributed by atoms with Gasteiger partial charge >= 0.3 is 0 Å². The van der Waals surface area contributed by atoms with Crippen molar-refractivity contribution < 1.29 is 0 Å². The van der Waals surface area contributed by atoms with Crippen LogP contribution in [-0.2, 0) is 0 Å². The molecule has 0 amide bonds. The minimum absolute atomic E-state index is 0.989. The van der Waals surface area contributed by atoms with Crippen LogP contribution >= 0.6 is 45.3 Å². The molecule has 7 aromatic heterocycles. The third-order valence-corrected chi connectivity index (χ3v) is 15.3. The van der Waals surface area contributed by atoms with Crippen LogP contribution in [0.4, 0.5) is 0 Å². The normalized spacial score (nSPS) is 12.6. The lowest BCUT2D eigenvalue weighted by atomic mass is 10.1. The number of aromatic amines is 2. The van der Waals surface area contributed by atoms with Crippen molar-refractivity contribution in [3.63, 3.8) is 0 Å². The Morgan fingerprint density at radius 1 is 0.365 bits per heavy atom. The van der Waals surface area contributed by atoms with E-state index in [4.69, 9.17) is 9.97 Å². The molecule has 0 atom stereocenters. The lowest BCUT2D eigenvalue weighted by Gasteiger charge is -1.94. The van der Waals surface area contributed by atoms with Gasteiger partial charge in [0.1, 0.15) is 0 Å². The SMILES string of the molecule is c1ccc2c3c(sc2c1)-c1cc2[nH]c(cc4nc(cc5[nH]c(cc-3n1)c1sc3ccccc3c51)-c1sc3ccccc3c1-4)c1sc3ccccc3c21. The summed E-state index contributed by atoms with van der Waals surface area (Å²) >= 11 is 7.35. The molecule has 0 aliphatic carbocycles. The molecule has 8 bridgehead atoms. The second kappa shape index (κ2) is 10.0. The highest BCUT2D eigenvalue weighted by atomic mass is 32.1. The number of aromatic nitrogens is 4. The first kappa shape index (κ1) is 28.0. The van der Waals surface area contributed by atoms with Gasteiger partial charge in [0.15, 0.2) is 0 Å². The summed E-state index contributed by atoms with van der Waals surface area (Å²) in [4.78, 5) is 21.1. The molecule has 4 nitrogen and oxygen atoms in total. The predicted molar refractivity (Wildman–Crippen MR) is 226 cm³/mol. The second-order valence-electron chi connectivity index (χ2n) is 13.5. The van der Waals surface area contributed by atoms with Crippen LogP contribution in [0.5, 0.6) is 0 Å². The van der Waals surface area contributed by atoms with Crippen molar-refractivity contribution in [1.82, 2.24) is 19.9 Å². The topological polar surface area (TPSA) is 57.4 Å². The molecular formula is C44H22N4S4. The molecule has 2 aliphatic heterocycles. The van der Waals surface area contributed by atoms with Crippen molar-refractivity contribution in [1.29, 1.82) is 0 Å². The molecule has 4 aromatic carbocycles. The van der Waals surface area contributed by atoms with E-state index >= 15 is 0 Å². The van der Waals surface area contributed by atoms with Crippen LogP contribution in [0.2, 0.25) is 0 Å². The maximum Gasteiger partial charge on any atom is 0.0837 e. The Bertz CT molecular complexity index is 3310. The van der Waals surface area contributed by atoms with Gasteiger partial charge in [-0.15, -0.1) is 45.3 Å². The Kier molecular flexibility index (Phi) is 5.40. The smallest absolute Gasteiger partial charge is 0.0837 e. The maximum atomic E-state index is 5.45. The Labute approximate surface area is 310 Å². The highest BCUT2D eigenvalue weighted by molar-refractivity contribution is 7.27. The highest BCUT2D eigenvalue weighted by Crippen LogP contribution is 2.51. The summed E-state index contributed by atoms with van der Waals surface area (Å²) in [6.07, 6.45) is 0. The number of nitrogens with zero attached hydrogens (tertiary/aromatic N) is 2. The quantitative estimate of drug-likeness (QED) is 0.163. The molecule has 2 N–H and O–H groups in total. The molecule has 0 radical (unpaired) electrons. The first-order valence-electron chi connectivity index (χ1n) is 17.1. The molecule has 52 heavy (non-hydrogen) atoms. The number of H-pyrrole nitrogens is 2. The van der Waals surface area contributed by atoms with E-state index in [1.807, 2.05) is 45.3 Å². The number of fused-ring (bicyclic) bond motifs is 28. The molecule has 0 saturated heterocycles. The number of thiophene rings is 4. The van der Waals surface area contributed by atoms with Gasteiger partial charge in [-0.2, -0.15) is 0 Å². The van der Waals surface area contributed by atoms with Gasteiger partial charge in [-0.25, -0.2) is 9.97 Å². The lowest BCUT2D eigenvalue weighted by molar-refractivity contribution is 1.41. The summed E-state index contributed by atoms with van der Waals surface area (Å²) in [6, 6.07) is 44.1. The molecule has 0 spiro atoms. The fourth-order valence-electron chi connectivity index (χ4n) is 8.34. The van der Waals surface area contributed by atoms with Crippen LogP contribution in [0, 0.1) is 0 Å². The minimum Gasteiger partial charge on any atom is -0.354 e. The Morgan fingerprint density at radius 2 is 0.731 bits per heavy atom. The molecule has 2 aliphatic rings. The summed E-state index contributed by atoms with van der Waals surface area (Å²) in [7, 11) is 0. The molecule has 0 fully saturated rings. The van der Waals surface area contributed by atoms with E-state index in [2.05, 4.69) is 131 Å². The zero-order valence-electron chi connectivity index (χ0n) is 27.1. The van der Waals surface area contributed by atoms with Gasteiger partial charge in [0.2, 0.25) is 0 Å². The van der Waals surface area contributed by atoms with Crippen molar-refractivity contribution in [3.8, 4) is 43.7 Å². The van der Waals surface area contributed by atoms with E-state index < -0.39 is 0 Å². The lowest BCUT2D eigenvalue weighted by Crippen LogP contribution is -1.75. The Balaban J connectivity index is 1.27. The molecule has 13 rings (SSSR count). The average molecular weight is 735 g/mol. The van der Waals surface area contributed by atoms with Crippen LogP contribution in [0.1, 0.15) is 0 Å². The number of benzene rings is 4. The zero-order chi connectivity index (χ0) is 33.7. The maximum absolute atomic E-state index is 5.45. The number of hydrogen-bond acceptors (Lipinski definition) is 6. The fraction of sp³-hybridized carbons (Fsp3) is 0. The Morgan fingerprint density at radius 3 is 1.17 bits per heavy atom. The minimum atomic E-state index is 0.989. The molecule has 11 aromatic rings. The summed E-state index contributed by atoms with van der Waals surface area (Å²) in [5.74, 6) is 0. The first-order valence-corrected chi connectivity index (χ1v) is 20.4. The third-order valence-electron chi connectivity index (χ3n) is 10.5. The van der Waals surface area contributed by atoms with Crippen LogP contribution in [0.25, 0.3) is 126 Å². The van der Waals surface area contributed by atoms with Gasteiger partial charge in [-0.05, 0) is 48.5 Å². The van der Waals surface area contributed by atoms with Gasteiger partial charge in [-0.1, -0.05) is 72.8 Å². The van der Waals surface area contributed by atoms with E-state index in [0.717, 1.165) is 44.8 Å². The largest absolute Gasteiger partial charge is 0.354 e. The van der Waals surface area contributed by atoms with Crippen molar-refractivity contribution in [2.24, 2.45) is 0 Å². The third kappa shape index (κ3) is 3.69. The molecule has 0 unspecified atom stereocenters. The average Bonchev–Trinajstić information content (AvgIpc) is 4.02. The number of nitrogens with one attached hydrogen (secondary N) is 2. The predicted octanol–water partition coefficient (Wildman–Crippen LogP) is 14.1. The van der Waals surface area contributed by atoms with Gasteiger partial charge in [0, 0.05) is 62.2 Å². The zero-order valence-corrected chi connectivity index (χ0v) is 30.3. The summed E-state index contributed by atoms with van der Waals surface area (Å²) < 4.78 is 7.59. The second-order valence-corrected chi connectivity index (χ2v) is 17.7. The van der Waals surface area contributed by atoms with E-state index in [-0.39, 0.29) is 0 Å². The summed E-state index contributed by atoms with van der Waals surface area (Å²) in [5, 5.41) is 7.49. The van der Waals surface area contributed by atoms with E-state index in [0.29, 0.717) is 0 Å². The summed E-state index contributed by atoms with van der Waals surface area (Å²) in [6.45, 7) is 0. The summed E-state index contributed by atoms with van der Waals surface area (Å²) in [5.41, 5.74) is 10.7. The molecule has 8 heteroatoms. The van der Waals surface area contributed by atoms with Crippen molar-refractivity contribution in [2.45, 2.75) is 0 Å². The van der Waals surface area contributed by atoms with Gasteiger partial charge in [0.25, 0.3) is 0 Å². The monoisotopic (exact) mass is 734 g/mol. The van der Waals surface area contributed by atoms with Crippen LogP contribution in [0.15, 0.2) is 121 Å². The standard InChI is InChI=1S/C44H22N4S4/c1-5-13-33-21(9-1)37-25-17-30-42-39(23-11-3-6-14-34(23)50-42)27(46-30)19-32-44-40(24-12-4-8-16-36(24)52-44)28(48-32)20-31-43-38(22-10-2-7-15-35(22)51-43)26(47-31)18-29(45-25)41(37)49-33/h1-20,45,48H. The number of hydrogen-bond donors (Lipinski definition) is 2. The molecule has 9 heterocycles. The number of rotatable bonds is 0. The molecule has 242 valence electrons. The fourth-order valence-corrected chi connectivity index (χ4v) is 13.1. The van der Waals surface area contributed by atoms with Gasteiger partial charge < -0.3 is 9.97 Å². The Hall–Kier alpha value is -5.64. The highest BCUT2D eigenvalue weighted by Gasteiger charge is 2.26.